The number of ether oxygens (including phenoxy) is 6. The molecule has 0 aromatic carbocycles. The van der Waals surface area contributed by atoms with E-state index < -0.39 is 0 Å². The van der Waals surface area contributed by atoms with Crippen LogP contribution >= 0.6 is 21.6 Å². The molecule has 2 N–H and O–H groups in total. The van der Waals surface area contributed by atoms with Crippen molar-refractivity contribution in [2.45, 2.75) is 0 Å². The Balaban J connectivity index is 2.95. The van der Waals surface area contributed by atoms with Crippen molar-refractivity contribution in [1.82, 2.24) is 0 Å². The van der Waals surface area contributed by atoms with E-state index in [0.717, 1.165) is 11.5 Å². The molecule has 0 fully saturated rings. The average Bonchev–Trinajstić information content (AvgIpc) is 2.66. The van der Waals surface area contributed by atoms with Gasteiger partial charge >= 0.3 is 0 Å². The monoisotopic (exact) mass is 418 g/mol. The maximum atomic E-state index is 8.52. The average molecular weight is 419 g/mol. The van der Waals surface area contributed by atoms with Crippen LogP contribution in [0.25, 0.3) is 0 Å². The second-order valence-corrected chi connectivity index (χ2v) is 7.47. The molecule has 0 unspecified atom stereocenters. The molecule has 0 rings (SSSR count). The molecule has 0 aliphatic carbocycles. The summed E-state index contributed by atoms with van der Waals surface area (Å²) in [4.78, 5) is 0. The van der Waals surface area contributed by atoms with Crippen LogP contribution in [0.15, 0.2) is 0 Å². The molecule has 0 radical (unpaired) electrons. The van der Waals surface area contributed by atoms with Gasteiger partial charge in [0.2, 0.25) is 0 Å². The summed E-state index contributed by atoms with van der Waals surface area (Å²) in [6, 6.07) is 0. The van der Waals surface area contributed by atoms with Crippen LogP contribution in [0.1, 0.15) is 0 Å². The SMILES string of the molecule is OCCOCCOCCOCCSSCCOCCOCCOCCO. The summed E-state index contributed by atoms with van der Waals surface area (Å²) < 4.78 is 31.7. The predicted octanol–water partition coefficient (Wildman–Crippen LogP) is 0.452. The third kappa shape index (κ3) is 24.4. The van der Waals surface area contributed by atoms with Crippen molar-refractivity contribution in [2.75, 3.05) is 104 Å². The van der Waals surface area contributed by atoms with Crippen LogP contribution in [0.4, 0.5) is 0 Å². The summed E-state index contributed by atoms with van der Waals surface area (Å²) in [6.07, 6.45) is 0. The van der Waals surface area contributed by atoms with Crippen LogP contribution < -0.4 is 0 Å². The Morgan fingerprint density at radius 2 is 0.654 bits per heavy atom. The molecule has 0 aliphatic heterocycles. The third-order valence-corrected chi connectivity index (χ3v) is 5.00. The molecule has 0 heterocycles. The first kappa shape index (κ1) is 26.4. The Hall–Kier alpha value is 0.380. The normalized spacial score (nSPS) is 11.3. The summed E-state index contributed by atoms with van der Waals surface area (Å²) in [5.74, 6) is 1.86. The molecular formula is C16H34O8S2. The van der Waals surface area contributed by atoms with Crippen molar-refractivity contribution in [2.24, 2.45) is 0 Å². The smallest absolute Gasteiger partial charge is 0.0701 e. The van der Waals surface area contributed by atoms with Crippen molar-refractivity contribution < 1.29 is 38.6 Å². The van der Waals surface area contributed by atoms with Gasteiger partial charge in [-0.15, -0.1) is 0 Å². The van der Waals surface area contributed by atoms with E-state index in [9.17, 15) is 0 Å². The minimum Gasteiger partial charge on any atom is -0.394 e. The Morgan fingerprint density at radius 1 is 0.385 bits per heavy atom. The largest absolute Gasteiger partial charge is 0.394 e. The van der Waals surface area contributed by atoms with Crippen LogP contribution in [0, 0.1) is 0 Å². The fourth-order valence-electron chi connectivity index (χ4n) is 1.52. The van der Waals surface area contributed by atoms with Gasteiger partial charge in [-0.25, -0.2) is 0 Å². The van der Waals surface area contributed by atoms with Crippen LogP contribution in [0.2, 0.25) is 0 Å². The van der Waals surface area contributed by atoms with Crippen LogP contribution in [-0.2, 0) is 28.4 Å². The van der Waals surface area contributed by atoms with Crippen molar-refractivity contribution in [1.29, 1.82) is 0 Å². The molecular weight excluding hydrogens is 384 g/mol. The van der Waals surface area contributed by atoms with E-state index in [4.69, 9.17) is 38.6 Å². The highest BCUT2D eigenvalue weighted by Crippen LogP contribution is 2.20. The molecule has 0 aromatic rings. The van der Waals surface area contributed by atoms with Crippen molar-refractivity contribution in [3.63, 3.8) is 0 Å². The topological polar surface area (TPSA) is 95.8 Å². The molecule has 0 saturated heterocycles. The van der Waals surface area contributed by atoms with Gasteiger partial charge in [0.1, 0.15) is 0 Å². The summed E-state index contributed by atoms with van der Waals surface area (Å²) in [5, 5.41) is 17.0. The van der Waals surface area contributed by atoms with Crippen molar-refractivity contribution >= 4 is 21.6 Å². The highest BCUT2D eigenvalue weighted by atomic mass is 33.1. The third-order valence-electron chi connectivity index (χ3n) is 2.66. The maximum absolute atomic E-state index is 8.52. The quantitative estimate of drug-likeness (QED) is 0.180. The molecule has 0 spiro atoms. The van der Waals surface area contributed by atoms with Gasteiger partial charge in [0.05, 0.1) is 92.5 Å². The van der Waals surface area contributed by atoms with Gasteiger partial charge in [-0.1, -0.05) is 21.6 Å². The second kappa shape index (κ2) is 25.4. The van der Waals surface area contributed by atoms with E-state index in [1.165, 1.54) is 0 Å². The zero-order chi connectivity index (χ0) is 19.0. The zero-order valence-electron chi connectivity index (χ0n) is 15.5. The van der Waals surface area contributed by atoms with Gasteiger partial charge in [-0.05, 0) is 0 Å². The minimum absolute atomic E-state index is 0.0436. The Morgan fingerprint density at radius 3 is 0.962 bits per heavy atom. The van der Waals surface area contributed by atoms with Crippen LogP contribution in [0.5, 0.6) is 0 Å². The predicted molar refractivity (Wildman–Crippen MR) is 104 cm³/mol. The second-order valence-electron chi connectivity index (χ2n) is 4.77. The van der Waals surface area contributed by atoms with Gasteiger partial charge in [-0.2, -0.15) is 0 Å². The van der Waals surface area contributed by atoms with E-state index in [-0.39, 0.29) is 13.2 Å². The molecule has 158 valence electrons. The van der Waals surface area contributed by atoms with E-state index >= 15 is 0 Å². The first-order valence-electron chi connectivity index (χ1n) is 8.84. The lowest BCUT2D eigenvalue weighted by atomic mass is 10.7. The van der Waals surface area contributed by atoms with Gasteiger partial charge in [0, 0.05) is 11.5 Å². The lowest BCUT2D eigenvalue weighted by Crippen LogP contribution is -2.11. The lowest BCUT2D eigenvalue weighted by Gasteiger charge is -2.07. The molecule has 0 aromatic heterocycles. The highest BCUT2D eigenvalue weighted by Gasteiger charge is 1.95. The standard InChI is InChI=1S/C16H34O8S2/c17-1-3-19-5-7-21-9-11-23-13-15-25-26-16-14-24-12-10-22-8-6-20-4-2-18/h17-18H,1-16H2. The van der Waals surface area contributed by atoms with Crippen LogP contribution in [-0.4, -0.2) is 114 Å². The first-order chi connectivity index (χ1) is 12.9. The minimum atomic E-state index is 0.0436. The van der Waals surface area contributed by atoms with Crippen molar-refractivity contribution in [3.05, 3.63) is 0 Å². The molecule has 0 aliphatic rings. The summed E-state index contributed by atoms with van der Waals surface area (Å²) in [5.41, 5.74) is 0. The fourth-order valence-corrected chi connectivity index (χ4v) is 3.24. The Bertz CT molecular complexity index is 228. The molecule has 0 atom stereocenters. The summed E-state index contributed by atoms with van der Waals surface area (Å²) in [7, 11) is 3.54. The highest BCUT2D eigenvalue weighted by molar-refractivity contribution is 8.76. The Labute approximate surface area is 164 Å². The fraction of sp³-hybridized carbons (Fsp3) is 1.00. The summed E-state index contributed by atoms with van der Waals surface area (Å²) >= 11 is 0. The number of aliphatic hydroxyl groups is 2. The van der Waals surface area contributed by atoms with Gasteiger partial charge in [0.15, 0.2) is 0 Å². The van der Waals surface area contributed by atoms with E-state index in [1.807, 2.05) is 0 Å². The number of hydrogen-bond acceptors (Lipinski definition) is 10. The van der Waals surface area contributed by atoms with Crippen molar-refractivity contribution in [3.8, 4) is 0 Å². The van der Waals surface area contributed by atoms with E-state index in [1.54, 1.807) is 21.6 Å². The van der Waals surface area contributed by atoms with Crippen LogP contribution in [0.3, 0.4) is 0 Å². The summed E-state index contributed by atoms with van der Waals surface area (Å²) in [6.45, 7) is 6.54. The van der Waals surface area contributed by atoms with E-state index in [2.05, 4.69) is 0 Å². The Kier molecular flexibility index (Phi) is 25.8. The number of aliphatic hydroxyl groups excluding tert-OH is 2. The zero-order valence-corrected chi connectivity index (χ0v) is 17.1. The van der Waals surface area contributed by atoms with Gasteiger partial charge < -0.3 is 38.6 Å². The molecule has 0 amide bonds. The maximum Gasteiger partial charge on any atom is 0.0701 e. The molecule has 10 heteroatoms. The van der Waals surface area contributed by atoms with E-state index in [0.29, 0.717) is 79.3 Å². The first-order valence-corrected chi connectivity index (χ1v) is 11.3. The molecule has 0 saturated carbocycles. The number of rotatable bonds is 23. The molecule has 26 heavy (non-hydrogen) atoms. The lowest BCUT2D eigenvalue weighted by molar-refractivity contribution is 0.00998. The van der Waals surface area contributed by atoms with Gasteiger partial charge in [0.25, 0.3) is 0 Å². The van der Waals surface area contributed by atoms with Gasteiger partial charge in [-0.3, -0.25) is 0 Å². The molecule has 0 bridgehead atoms. The molecule has 8 nitrogen and oxygen atoms in total. The number of hydrogen-bond donors (Lipinski definition) is 2.